The van der Waals surface area contributed by atoms with Gasteiger partial charge in [0.2, 0.25) is 5.95 Å². The fourth-order valence-corrected chi connectivity index (χ4v) is 2.42. The van der Waals surface area contributed by atoms with Crippen LogP contribution in [-0.2, 0) is 4.74 Å². The van der Waals surface area contributed by atoms with Gasteiger partial charge < -0.3 is 10.1 Å². The lowest BCUT2D eigenvalue weighted by Crippen LogP contribution is -2.22. The van der Waals surface area contributed by atoms with E-state index in [-0.39, 0.29) is 0 Å². The van der Waals surface area contributed by atoms with Gasteiger partial charge in [-0.2, -0.15) is 15.1 Å². The van der Waals surface area contributed by atoms with Gasteiger partial charge in [0.15, 0.2) is 5.65 Å². The third-order valence-corrected chi connectivity index (χ3v) is 3.47. The highest BCUT2D eigenvalue weighted by Gasteiger charge is 2.14. The minimum Gasteiger partial charge on any atom is -0.378 e. The predicted molar refractivity (Wildman–Crippen MR) is 76.2 cm³/mol. The van der Waals surface area contributed by atoms with Crippen LogP contribution in [0.4, 0.5) is 11.8 Å². The van der Waals surface area contributed by atoms with Gasteiger partial charge in [-0.1, -0.05) is 0 Å². The number of aromatic nitrogens is 4. The van der Waals surface area contributed by atoms with Gasteiger partial charge in [0.1, 0.15) is 5.82 Å². The van der Waals surface area contributed by atoms with Gasteiger partial charge >= 0.3 is 0 Å². The van der Waals surface area contributed by atoms with E-state index in [0.29, 0.717) is 17.7 Å². The van der Waals surface area contributed by atoms with Crippen LogP contribution in [0.3, 0.4) is 0 Å². The van der Waals surface area contributed by atoms with E-state index in [1.165, 1.54) is 12.8 Å². The molecule has 1 unspecified atom stereocenters. The van der Waals surface area contributed by atoms with Crippen molar-refractivity contribution in [2.24, 2.45) is 5.84 Å². The number of hydrogen-bond acceptors (Lipinski definition) is 7. The molecule has 0 amide bonds. The van der Waals surface area contributed by atoms with Crippen molar-refractivity contribution in [2.45, 2.75) is 31.8 Å². The highest BCUT2D eigenvalue weighted by Crippen LogP contribution is 2.20. The Morgan fingerprint density at radius 2 is 2.35 bits per heavy atom. The number of nitrogens with one attached hydrogen (secondary N) is 3. The maximum Gasteiger partial charge on any atom is 0.241 e. The van der Waals surface area contributed by atoms with Crippen LogP contribution in [0.25, 0.3) is 11.0 Å². The Hall–Kier alpha value is -1.93. The summed E-state index contributed by atoms with van der Waals surface area (Å²) < 4.78 is 5.71. The van der Waals surface area contributed by atoms with E-state index in [1.807, 2.05) is 0 Å². The molecule has 0 bridgehead atoms. The Labute approximate surface area is 116 Å². The van der Waals surface area contributed by atoms with Crippen molar-refractivity contribution in [3.05, 3.63) is 6.20 Å². The Morgan fingerprint density at radius 3 is 3.15 bits per heavy atom. The number of hydrazine groups is 1. The van der Waals surface area contributed by atoms with E-state index in [1.54, 1.807) is 6.20 Å². The molecule has 1 aliphatic rings. The summed E-state index contributed by atoms with van der Waals surface area (Å²) in [5, 5.41) is 11.0. The van der Waals surface area contributed by atoms with Gasteiger partial charge in [-0.25, -0.2) is 5.84 Å². The van der Waals surface area contributed by atoms with Crippen molar-refractivity contribution >= 4 is 22.8 Å². The van der Waals surface area contributed by atoms with Crippen molar-refractivity contribution in [2.75, 3.05) is 23.9 Å². The van der Waals surface area contributed by atoms with E-state index in [9.17, 15) is 0 Å². The number of fused-ring (bicyclic) bond motifs is 1. The standard InChI is InChI=1S/C12H19N7O/c13-18-12-16-10(9-7-15-19-11(9)17-12)14-5-4-8-3-1-2-6-20-8/h7-8H,1-6,13H2,(H3,14,15,16,17,18,19). The quantitative estimate of drug-likeness (QED) is 0.476. The number of nitrogens with two attached hydrogens (primary N) is 1. The number of H-pyrrole nitrogens is 1. The topological polar surface area (TPSA) is 114 Å². The Balaban J connectivity index is 1.65. The number of nitrogens with zero attached hydrogens (tertiary/aromatic N) is 3. The van der Waals surface area contributed by atoms with Crippen LogP contribution in [0.15, 0.2) is 6.20 Å². The average molecular weight is 277 g/mol. The lowest BCUT2D eigenvalue weighted by Gasteiger charge is -2.22. The smallest absolute Gasteiger partial charge is 0.241 e. The summed E-state index contributed by atoms with van der Waals surface area (Å²) >= 11 is 0. The molecule has 8 nitrogen and oxygen atoms in total. The second-order valence-electron chi connectivity index (χ2n) is 4.88. The van der Waals surface area contributed by atoms with Crippen molar-refractivity contribution < 1.29 is 4.74 Å². The van der Waals surface area contributed by atoms with Crippen LogP contribution in [0, 0.1) is 0 Å². The highest BCUT2D eigenvalue weighted by molar-refractivity contribution is 5.86. The second-order valence-corrected chi connectivity index (χ2v) is 4.88. The van der Waals surface area contributed by atoms with Gasteiger partial charge in [0.05, 0.1) is 17.7 Å². The minimum atomic E-state index is 0.352. The van der Waals surface area contributed by atoms with Crippen LogP contribution in [0.2, 0.25) is 0 Å². The predicted octanol–water partition coefficient (Wildman–Crippen LogP) is 1.01. The number of hydrogen-bond donors (Lipinski definition) is 4. The summed E-state index contributed by atoms with van der Waals surface area (Å²) in [6, 6.07) is 0. The lowest BCUT2D eigenvalue weighted by atomic mass is 10.1. The summed E-state index contributed by atoms with van der Waals surface area (Å²) in [7, 11) is 0. The van der Waals surface area contributed by atoms with Gasteiger partial charge in [0, 0.05) is 13.2 Å². The van der Waals surface area contributed by atoms with Crippen molar-refractivity contribution in [1.29, 1.82) is 0 Å². The van der Waals surface area contributed by atoms with Crippen LogP contribution < -0.4 is 16.6 Å². The zero-order valence-corrected chi connectivity index (χ0v) is 11.2. The zero-order chi connectivity index (χ0) is 13.8. The summed E-state index contributed by atoms with van der Waals surface area (Å²) in [5.41, 5.74) is 3.11. The number of nitrogen functional groups attached to an aromatic ring is 1. The maximum absolute atomic E-state index is 5.71. The molecule has 2 aromatic rings. The molecule has 2 aromatic heterocycles. The number of aromatic amines is 1. The lowest BCUT2D eigenvalue weighted by molar-refractivity contribution is 0.0134. The molecule has 1 fully saturated rings. The average Bonchev–Trinajstić information content (AvgIpc) is 2.96. The molecule has 0 spiro atoms. The van der Waals surface area contributed by atoms with Crippen LogP contribution in [0.5, 0.6) is 0 Å². The van der Waals surface area contributed by atoms with Gasteiger partial charge in [-0.15, -0.1) is 0 Å². The zero-order valence-electron chi connectivity index (χ0n) is 11.2. The summed E-state index contributed by atoms with van der Waals surface area (Å²) in [5.74, 6) is 6.46. The molecule has 8 heteroatoms. The number of rotatable bonds is 5. The fraction of sp³-hybridized carbons (Fsp3) is 0.583. The van der Waals surface area contributed by atoms with E-state index < -0.39 is 0 Å². The van der Waals surface area contributed by atoms with Crippen molar-refractivity contribution in [3.63, 3.8) is 0 Å². The fourth-order valence-electron chi connectivity index (χ4n) is 2.42. The molecule has 108 valence electrons. The third-order valence-electron chi connectivity index (χ3n) is 3.47. The molecule has 1 atom stereocenters. The first-order valence-electron chi connectivity index (χ1n) is 6.90. The molecule has 0 aromatic carbocycles. The molecule has 5 N–H and O–H groups in total. The molecule has 1 saturated heterocycles. The van der Waals surface area contributed by atoms with Crippen molar-refractivity contribution in [1.82, 2.24) is 20.2 Å². The molecular formula is C12H19N7O. The SMILES string of the molecule is NNc1nc(NCCC2CCCCO2)c2cn[nH]c2n1. The molecule has 3 rings (SSSR count). The van der Waals surface area contributed by atoms with Gasteiger partial charge in [-0.05, 0) is 25.7 Å². The summed E-state index contributed by atoms with van der Waals surface area (Å²) in [4.78, 5) is 8.50. The molecule has 3 heterocycles. The second kappa shape index (κ2) is 6.02. The van der Waals surface area contributed by atoms with E-state index >= 15 is 0 Å². The molecule has 0 aliphatic carbocycles. The highest BCUT2D eigenvalue weighted by atomic mass is 16.5. The molecule has 0 radical (unpaired) electrons. The van der Waals surface area contributed by atoms with Crippen molar-refractivity contribution in [3.8, 4) is 0 Å². The molecule has 20 heavy (non-hydrogen) atoms. The summed E-state index contributed by atoms with van der Waals surface area (Å²) in [6.07, 6.45) is 6.60. The Morgan fingerprint density at radius 1 is 1.40 bits per heavy atom. The monoisotopic (exact) mass is 277 g/mol. The Bertz CT molecular complexity index is 564. The summed E-state index contributed by atoms with van der Waals surface area (Å²) in [6.45, 7) is 1.68. The van der Waals surface area contributed by atoms with Gasteiger partial charge in [-0.3, -0.25) is 10.5 Å². The normalized spacial score (nSPS) is 19.1. The van der Waals surface area contributed by atoms with E-state index in [4.69, 9.17) is 10.6 Å². The first-order chi connectivity index (χ1) is 9.86. The number of ether oxygens (including phenoxy) is 1. The third kappa shape index (κ3) is 2.81. The maximum atomic E-state index is 5.71. The van der Waals surface area contributed by atoms with Crippen LogP contribution in [0.1, 0.15) is 25.7 Å². The molecular weight excluding hydrogens is 258 g/mol. The van der Waals surface area contributed by atoms with Crippen LogP contribution >= 0.6 is 0 Å². The minimum absolute atomic E-state index is 0.352. The molecule has 0 saturated carbocycles. The van der Waals surface area contributed by atoms with E-state index in [2.05, 4.69) is 30.9 Å². The van der Waals surface area contributed by atoms with Gasteiger partial charge in [0.25, 0.3) is 0 Å². The largest absolute Gasteiger partial charge is 0.378 e. The van der Waals surface area contributed by atoms with E-state index in [0.717, 1.165) is 37.2 Å². The van der Waals surface area contributed by atoms with Crippen LogP contribution in [-0.4, -0.2) is 39.4 Å². The molecule has 1 aliphatic heterocycles. The first-order valence-corrected chi connectivity index (χ1v) is 6.90. The first kappa shape index (κ1) is 13.1. The number of anilines is 2. The Kier molecular flexibility index (Phi) is 3.93.